The van der Waals surface area contributed by atoms with E-state index in [4.69, 9.17) is 4.74 Å². The molecule has 0 aromatic rings. The van der Waals surface area contributed by atoms with Gasteiger partial charge in [-0.3, -0.25) is 9.59 Å². The number of unbranched alkanes of at least 4 members (excludes halogenated alkanes) is 5. The quantitative estimate of drug-likeness (QED) is 0.176. The normalized spacial score (nSPS) is 13.4. The first kappa shape index (κ1) is 28.9. The van der Waals surface area contributed by atoms with Gasteiger partial charge in [0.2, 0.25) is 5.91 Å². The van der Waals surface area contributed by atoms with Gasteiger partial charge < -0.3 is 14.8 Å². The van der Waals surface area contributed by atoms with Crippen molar-refractivity contribution in [3.63, 3.8) is 0 Å². The third-order valence-corrected chi connectivity index (χ3v) is 5.04. The van der Waals surface area contributed by atoms with Crippen LogP contribution < -0.4 is 5.32 Å². The summed E-state index contributed by atoms with van der Waals surface area (Å²) in [4.78, 5) is 35.5. The highest BCUT2D eigenvalue weighted by Crippen LogP contribution is 2.21. The van der Waals surface area contributed by atoms with Crippen LogP contribution in [0.2, 0.25) is 0 Å². The molecule has 0 saturated carbocycles. The summed E-state index contributed by atoms with van der Waals surface area (Å²) in [5.41, 5.74) is 0.342. The molecule has 6 heteroatoms. The van der Waals surface area contributed by atoms with E-state index in [1.54, 1.807) is 0 Å². The molecular formula is C25H43NO5. The maximum absolute atomic E-state index is 12.5. The Morgan fingerprint density at radius 1 is 0.903 bits per heavy atom. The molecule has 0 aromatic heterocycles. The van der Waals surface area contributed by atoms with Crippen LogP contribution in [0.5, 0.6) is 0 Å². The van der Waals surface area contributed by atoms with E-state index in [1.807, 2.05) is 34.6 Å². The molecule has 6 nitrogen and oxygen atoms in total. The highest BCUT2D eigenvalue weighted by Gasteiger charge is 2.27. The Balaban J connectivity index is 4.70. The van der Waals surface area contributed by atoms with Gasteiger partial charge in [-0.15, -0.1) is 0 Å². The van der Waals surface area contributed by atoms with Crippen LogP contribution in [-0.2, 0) is 23.9 Å². The third-order valence-electron chi connectivity index (χ3n) is 5.04. The number of carbonyl (C=O) groups excluding carboxylic acids is 3. The van der Waals surface area contributed by atoms with Crippen LogP contribution in [0.4, 0.5) is 0 Å². The first-order valence-electron chi connectivity index (χ1n) is 11.3. The Morgan fingerprint density at radius 2 is 1.52 bits per heavy atom. The number of esters is 2. The van der Waals surface area contributed by atoms with Gasteiger partial charge in [0.15, 0.2) is 0 Å². The molecule has 0 rings (SSSR count). The van der Waals surface area contributed by atoms with Gasteiger partial charge in [-0.1, -0.05) is 66.0 Å². The van der Waals surface area contributed by atoms with Gasteiger partial charge >= 0.3 is 11.9 Å². The summed E-state index contributed by atoms with van der Waals surface area (Å²) in [6, 6.07) is -0.231. The van der Waals surface area contributed by atoms with E-state index < -0.39 is 11.4 Å². The van der Waals surface area contributed by atoms with E-state index >= 15 is 0 Å². The van der Waals surface area contributed by atoms with E-state index in [2.05, 4.69) is 22.2 Å². The molecular weight excluding hydrogens is 394 g/mol. The molecule has 0 aliphatic carbocycles. The Morgan fingerprint density at radius 3 is 2.06 bits per heavy atom. The summed E-state index contributed by atoms with van der Waals surface area (Å²) in [6.45, 7) is 9.68. The van der Waals surface area contributed by atoms with Gasteiger partial charge in [-0.2, -0.15) is 0 Å². The van der Waals surface area contributed by atoms with Gasteiger partial charge in [-0.25, -0.2) is 4.79 Å². The highest BCUT2D eigenvalue weighted by atomic mass is 16.5. The van der Waals surface area contributed by atoms with E-state index in [1.165, 1.54) is 20.3 Å². The van der Waals surface area contributed by atoms with Crippen LogP contribution in [-0.4, -0.2) is 38.1 Å². The number of ether oxygens (including phenoxy) is 2. The predicted molar refractivity (Wildman–Crippen MR) is 124 cm³/mol. The molecule has 0 unspecified atom stereocenters. The second kappa shape index (κ2) is 15.7. The largest absolute Gasteiger partial charge is 0.469 e. The van der Waals surface area contributed by atoms with Crippen LogP contribution in [0.1, 0.15) is 86.0 Å². The smallest absolute Gasteiger partial charge is 0.330 e. The van der Waals surface area contributed by atoms with Crippen molar-refractivity contribution in [1.29, 1.82) is 0 Å². The zero-order valence-corrected chi connectivity index (χ0v) is 20.6. The topological polar surface area (TPSA) is 81.7 Å². The molecule has 0 aliphatic rings. The molecule has 0 heterocycles. The van der Waals surface area contributed by atoms with Crippen molar-refractivity contribution in [3.05, 3.63) is 23.8 Å². The fourth-order valence-electron chi connectivity index (χ4n) is 3.03. The molecule has 1 amide bonds. The number of hydrogen-bond acceptors (Lipinski definition) is 5. The van der Waals surface area contributed by atoms with Crippen molar-refractivity contribution in [2.75, 3.05) is 14.2 Å². The maximum atomic E-state index is 12.5. The lowest BCUT2D eigenvalue weighted by molar-refractivity contribution is -0.140. The lowest BCUT2D eigenvalue weighted by Crippen LogP contribution is -2.45. The lowest BCUT2D eigenvalue weighted by atomic mass is 9.89. The lowest BCUT2D eigenvalue weighted by Gasteiger charge is -2.28. The van der Waals surface area contributed by atoms with Crippen molar-refractivity contribution in [3.8, 4) is 0 Å². The number of nitrogens with one attached hydrogen (secondary N) is 1. The van der Waals surface area contributed by atoms with Crippen molar-refractivity contribution < 1.29 is 23.9 Å². The van der Waals surface area contributed by atoms with E-state index in [0.29, 0.717) is 12.8 Å². The third kappa shape index (κ3) is 13.7. The van der Waals surface area contributed by atoms with E-state index in [0.717, 1.165) is 44.1 Å². The van der Waals surface area contributed by atoms with Crippen molar-refractivity contribution >= 4 is 17.8 Å². The summed E-state index contributed by atoms with van der Waals surface area (Å²) in [6.07, 6.45) is 12.9. The predicted octanol–water partition coefficient (Wildman–Crippen LogP) is 5.12. The fraction of sp³-hybridized carbons (Fsp3) is 0.720. The maximum Gasteiger partial charge on any atom is 0.330 e. The Labute approximate surface area is 188 Å². The molecule has 0 fully saturated rings. The Hall–Kier alpha value is -2.11. The SMILES string of the molecule is COC(=O)/C=C(\C/C=C/CCCCCCCC(=O)OC)[C@@H](NC(=O)C(C)(C)C)C(C)C. The van der Waals surface area contributed by atoms with Gasteiger partial charge in [0.1, 0.15) is 0 Å². The van der Waals surface area contributed by atoms with Gasteiger partial charge in [0.05, 0.1) is 20.3 Å². The van der Waals surface area contributed by atoms with Gasteiger partial charge in [0, 0.05) is 17.9 Å². The molecule has 0 aromatic carbocycles. The minimum Gasteiger partial charge on any atom is -0.469 e. The van der Waals surface area contributed by atoms with E-state index in [9.17, 15) is 14.4 Å². The van der Waals surface area contributed by atoms with Crippen molar-refractivity contribution in [2.24, 2.45) is 11.3 Å². The number of methoxy groups -OCH3 is 2. The summed E-state index contributed by atoms with van der Waals surface area (Å²) >= 11 is 0. The second-order valence-corrected chi connectivity index (χ2v) is 9.25. The summed E-state index contributed by atoms with van der Waals surface area (Å²) < 4.78 is 9.45. The average Bonchev–Trinajstić information content (AvgIpc) is 2.70. The molecule has 0 saturated heterocycles. The highest BCUT2D eigenvalue weighted by molar-refractivity contribution is 5.84. The van der Waals surface area contributed by atoms with E-state index in [-0.39, 0.29) is 23.8 Å². The molecule has 0 radical (unpaired) electrons. The number of allylic oxidation sites excluding steroid dienone is 2. The molecule has 1 N–H and O–H groups in total. The van der Waals surface area contributed by atoms with Crippen LogP contribution in [0.15, 0.2) is 23.8 Å². The number of amides is 1. The number of rotatable bonds is 14. The molecule has 0 aliphatic heterocycles. The van der Waals surface area contributed by atoms with Gasteiger partial charge in [-0.05, 0) is 37.2 Å². The summed E-state index contributed by atoms with van der Waals surface area (Å²) in [5.74, 6) is -0.457. The Kier molecular flexibility index (Phi) is 14.6. The fourth-order valence-corrected chi connectivity index (χ4v) is 3.03. The Bertz CT molecular complexity index is 614. The molecule has 1 atom stereocenters. The van der Waals surface area contributed by atoms with Crippen LogP contribution in [0.3, 0.4) is 0 Å². The molecule has 0 spiro atoms. The monoisotopic (exact) mass is 437 g/mol. The minimum absolute atomic E-state index is 0.0434. The van der Waals surface area contributed by atoms with Crippen LogP contribution in [0, 0.1) is 11.3 Å². The summed E-state index contributed by atoms with van der Waals surface area (Å²) in [7, 11) is 2.78. The van der Waals surface area contributed by atoms with Crippen molar-refractivity contribution in [1.82, 2.24) is 5.32 Å². The van der Waals surface area contributed by atoms with Crippen LogP contribution in [0.25, 0.3) is 0 Å². The molecule has 0 bridgehead atoms. The standard InChI is InChI=1S/C25H43NO5/c1-19(2)23(26-24(29)25(3,4)5)20(18-22(28)31-7)16-14-12-10-8-9-11-13-15-17-21(27)30-6/h12,14,18-19,23H,8-11,13,15-17H2,1-7H3,(H,26,29)/b14-12+,20-18+/t23-/m0/s1. The number of hydrogen-bond donors (Lipinski definition) is 1. The molecule has 31 heavy (non-hydrogen) atoms. The number of carbonyl (C=O) groups is 3. The molecule has 178 valence electrons. The summed E-state index contributed by atoms with van der Waals surface area (Å²) in [5, 5.41) is 3.10. The van der Waals surface area contributed by atoms with Crippen LogP contribution >= 0.6 is 0 Å². The average molecular weight is 438 g/mol. The minimum atomic E-state index is -0.504. The van der Waals surface area contributed by atoms with Crippen molar-refractivity contribution in [2.45, 2.75) is 92.0 Å². The first-order chi connectivity index (χ1) is 14.5. The van der Waals surface area contributed by atoms with Gasteiger partial charge in [0.25, 0.3) is 0 Å². The first-order valence-corrected chi connectivity index (χ1v) is 11.3. The zero-order valence-electron chi connectivity index (χ0n) is 20.6. The zero-order chi connectivity index (χ0) is 23.9. The second-order valence-electron chi connectivity index (χ2n) is 9.25.